The second kappa shape index (κ2) is 3.89. The van der Waals surface area contributed by atoms with Gasteiger partial charge in [0, 0.05) is 0 Å². The van der Waals surface area contributed by atoms with Crippen LogP contribution in [0.25, 0.3) is 16.3 Å². The van der Waals surface area contributed by atoms with E-state index in [2.05, 4.69) is 62.4 Å². The van der Waals surface area contributed by atoms with Gasteiger partial charge >= 0.3 is 0 Å². The summed E-state index contributed by atoms with van der Waals surface area (Å²) in [5.74, 6) is 0. The molecule has 2 aromatic rings. The summed E-state index contributed by atoms with van der Waals surface area (Å²) in [7, 11) is 0. The molecule has 2 aromatic carbocycles. The zero-order valence-corrected chi connectivity index (χ0v) is 10.3. The molecule has 0 unspecified atom stereocenters. The average molecular weight is 220 g/mol. The van der Waals surface area contributed by atoms with Crippen molar-refractivity contribution in [3.8, 4) is 0 Å². The van der Waals surface area contributed by atoms with Crippen LogP contribution < -0.4 is 0 Å². The molecule has 0 nitrogen and oxygen atoms in total. The normalized spacial score (nSPS) is 15.5. The van der Waals surface area contributed by atoms with Crippen molar-refractivity contribution in [2.45, 2.75) is 20.3 Å². The highest BCUT2D eigenvalue weighted by Crippen LogP contribution is 2.33. The van der Waals surface area contributed by atoms with Gasteiger partial charge in [-0.25, -0.2) is 0 Å². The fourth-order valence-electron chi connectivity index (χ4n) is 2.63. The maximum Gasteiger partial charge on any atom is -0.00581 e. The Morgan fingerprint density at radius 2 is 1.65 bits per heavy atom. The van der Waals surface area contributed by atoms with E-state index in [-0.39, 0.29) is 0 Å². The van der Waals surface area contributed by atoms with Crippen LogP contribution in [0, 0.1) is 0 Å². The third-order valence-corrected chi connectivity index (χ3v) is 3.49. The Kier molecular flexibility index (Phi) is 2.36. The van der Waals surface area contributed by atoms with E-state index < -0.39 is 0 Å². The topological polar surface area (TPSA) is 0 Å². The lowest BCUT2D eigenvalue weighted by molar-refractivity contribution is 1.26. The molecule has 3 rings (SSSR count). The van der Waals surface area contributed by atoms with E-state index in [0.29, 0.717) is 0 Å². The van der Waals surface area contributed by atoms with E-state index in [1.165, 1.54) is 33.1 Å². The molecule has 1 aliphatic carbocycles. The fourth-order valence-corrected chi connectivity index (χ4v) is 2.63. The van der Waals surface area contributed by atoms with E-state index in [1.807, 2.05) is 0 Å². The van der Waals surface area contributed by atoms with Crippen molar-refractivity contribution in [1.29, 1.82) is 0 Å². The standard InChI is InChI=1S/C17H16/c1-12-9-13(2)17(10-12)16-8-7-14-5-3-4-6-15(14)11-16/h3-9,11H,10H2,1-2H3. The Labute approximate surface area is 102 Å². The Balaban J connectivity index is 2.11. The number of hydrogen-bond acceptors (Lipinski definition) is 0. The molecule has 84 valence electrons. The van der Waals surface area contributed by atoms with Gasteiger partial charge in [0.15, 0.2) is 0 Å². The summed E-state index contributed by atoms with van der Waals surface area (Å²) in [6.45, 7) is 4.42. The first kappa shape index (κ1) is 10.3. The predicted octanol–water partition coefficient (Wildman–Crippen LogP) is 4.96. The highest BCUT2D eigenvalue weighted by Gasteiger charge is 2.12. The summed E-state index contributed by atoms with van der Waals surface area (Å²) in [5.41, 5.74) is 5.73. The highest BCUT2D eigenvalue weighted by molar-refractivity contribution is 5.87. The van der Waals surface area contributed by atoms with Crippen LogP contribution in [0.4, 0.5) is 0 Å². The second-order valence-corrected chi connectivity index (χ2v) is 4.89. The van der Waals surface area contributed by atoms with Gasteiger partial charge in [0.05, 0.1) is 0 Å². The molecule has 0 atom stereocenters. The minimum Gasteiger partial charge on any atom is -0.0686 e. The number of benzene rings is 2. The van der Waals surface area contributed by atoms with Gasteiger partial charge < -0.3 is 0 Å². The van der Waals surface area contributed by atoms with Gasteiger partial charge in [-0.05, 0) is 53.8 Å². The first-order valence-corrected chi connectivity index (χ1v) is 6.10. The Morgan fingerprint density at radius 3 is 2.35 bits per heavy atom. The monoisotopic (exact) mass is 220 g/mol. The maximum absolute atomic E-state index is 2.31. The smallest absolute Gasteiger partial charge is 0.00581 e. The predicted molar refractivity (Wildman–Crippen MR) is 74.9 cm³/mol. The molecule has 1 aliphatic rings. The second-order valence-electron chi connectivity index (χ2n) is 4.89. The molecule has 0 amide bonds. The van der Waals surface area contributed by atoms with E-state index in [1.54, 1.807) is 0 Å². The molecular formula is C17H16. The van der Waals surface area contributed by atoms with Gasteiger partial charge in [0.2, 0.25) is 0 Å². The number of hydrogen-bond donors (Lipinski definition) is 0. The van der Waals surface area contributed by atoms with Crippen LogP contribution in [0.15, 0.2) is 59.7 Å². The minimum absolute atomic E-state index is 1.10. The summed E-state index contributed by atoms with van der Waals surface area (Å²) in [5, 5.41) is 2.65. The van der Waals surface area contributed by atoms with E-state index in [0.717, 1.165) is 6.42 Å². The summed E-state index contributed by atoms with van der Waals surface area (Å²) < 4.78 is 0. The molecule has 0 aliphatic heterocycles. The molecular weight excluding hydrogens is 204 g/mol. The van der Waals surface area contributed by atoms with Gasteiger partial charge in [-0.3, -0.25) is 0 Å². The lowest BCUT2D eigenvalue weighted by Gasteiger charge is -2.07. The average Bonchev–Trinajstić information content (AvgIpc) is 2.68. The Morgan fingerprint density at radius 1 is 0.882 bits per heavy atom. The van der Waals surface area contributed by atoms with Crippen molar-refractivity contribution >= 4 is 16.3 Å². The Bertz CT molecular complexity index is 642. The summed E-state index contributed by atoms with van der Waals surface area (Å²) in [4.78, 5) is 0. The number of fused-ring (bicyclic) bond motifs is 1. The van der Waals surface area contributed by atoms with Crippen molar-refractivity contribution in [3.05, 3.63) is 65.3 Å². The largest absolute Gasteiger partial charge is 0.0686 e. The van der Waals surface area contributed by atoms with Crippen LogP contribution in [-0.2, 0) is 0 Å². The van der Waals surface area contributed by atoms with Crippen LogP contribution in [0.5, 0.6) is 0 Å². The lowest BCUT2D eigenvalue weighted by atomic mass is 9.98. The maximum atomic E-state index is 2.31. The van der Waals surface area contributed by atoms with Crippen LogP contribution in [0.3, 0.4) is 0 Å². The number of allylic oxidation sites excluding steroid dienone is 4. The Hall–Kier alpha value is -1.82. The highest BCUT2D eigenvalue weighted by atomic mass is 14.2. The number of rotatable bonds is 1. The summed E-state index contributed by atoms with van der Waals surface area (Å²) in [6, 6.07) is 15.3. The van der Waals surface area contributed by atoms with Crippen LogP contribution in [0.2, 0.25) is 0 Å². The third kappa shape index (κ3) is 1.80. The van der Waals surface area contributed by atoms with E-state index >= 15 is 0 Å². The van der Waals surface area contributed by atoms with E-state index in [9.17, 15) is 0 Å². The molecule has 0 spiro atoms. The zero-order valence-electron chi connectivity index (χ0n) is 10.3. The minimum atomic E-state index is 1.10. The quantitative estimate of drug-likeness (QED) is 0.637. The van der Waals surface area contributed by atoms with Gasteiger partial charge in [-0.15, -0.1) is 0 Å². The third-order valence-electron chi connectivity index (χ3n) is 3.49. The van der Waals surface area contributed by atoms with Crippen molar-refractivity contribution in [2.75, 3.05) is 0 Å². The van der Waals surface area contributed by atoms with Gasteiger partial charge in [-0.2, -0.15) is 0 Å². The van der Waals surface area contributed by atoms with E-state index in [4.69, 9.17) is 0 Å². The van der Waals surface area contributed by atoms with Crippen molar-refractivity contribution < 1.29 is 0 Å². The van der Waals surface area contributed by atoms with Crippen LogP contribution in [0.1, 0.15) is 25.8 Å². The van der Waals surface area contributed by atoms with Gasteiger partial charge in [0.1, 0.15) is 0 Å². The van der Waals surface area contributed by atoms with Crippen molar-refractivity contribution in [3.63, 3.8) is 0 Å². The molecule has 0 aromatic heterocycles. The van der Waals surface area contributed by atoms with Crippen LogP contribution in [-0.4, -0.2) is 0 Å². The molecule has 0 fully saturated rings. The van der Waals surface area contributed by atoms with Crippen molar-refractivity contribution in [2.24, 2.45) is 0 Å². The molecule has 0 saturated carbocycles. The summed E-state index contributed by atoms with van der Waals surface area (Å²) >= 11 is 0. The molecule has 17 heavy (non-hydrogen) atoms. The molecule has 0 bridgehead atoms. The van der Waals surface area contributed by atoms with Crippen LogP contribution >= 0.6 is 0 Å². The summed E-state index contributed by atoms with van der Waals surface area (Å²) in [6.07, 6.45) is 3.40. The first-order chi connectivity index (χ1) is 8.24. The molecule has 0 saturated heterocycles. The fraction of sp³-hybridized carbons (Fsp3) is 0.176. The van der Waals surface area contributed by atoms with Crippen molar-refractivity contribution in [1.82, 2.24) is 0 Å². The SMILES string of the molecule is CC1=CC(C)=C(c2ccc3ccccc3c2)C1. The van der Waals surface area contributed by atoms with Gasteiger partial charge in [0.25, 0.3) is 0 Å². The molecule has 0 radical (unpaired) electrons. The van der Waals surface area contributed by atoms with Gasteiger partial charge in [-0.1, -0.05) is 48.0 Å². The first-order valence-electron chi connectivity index (χ1n) is 6.10. The molecule has 0 heterocycles. The lowest BCUT2D eigenvalue weighted by Crippen LogP contribution is -1.84. The molecule has 0 N–H and O–H groups in total. The molecule has 0 heteroatoms. The zero-order chi connectivity index (χ0) is 11.8.